The number of hydrogen-bond acceptors (Lipinski definition) is 1. The fourth-order valence-corrected chi connectivity index (χ4v) is 1.47. The molecule has 0 heterocycles. The van der Waals surface area contributed by atoms with Crippen molar-refractivity contribution in [1.29, 1.82) is 0 Å². The van der Waals surface area contributed by atoms with Gasteiger partial charge < -0.3 is 5.73 Å². The predicted octanol–water partition coefficient (Wildman–Crippen LogP) is 2.77. The summed E-state index contributed by atoms with van der Waals surface area (Å²) in [6.07, 6.45) is 1.22. The number of benzene rings is 1. The molecule has 1 aliphatic rings. The van der Waals surface area contributed by atoms with E-state index in [0.717, 1.165) is 0 Å². The van der Waals surface area contributed by atoms with E-state index < -0.39 is 11.8 Å². The topological polar surface area (TPSA) is 26.0 Å². The fourth-order valence-electron chi connectivity index (χ4n) is 1.47. The Hall–Kier alpha value is -1.12. The number of hydrogen-bond donors (Lipinski definition) is 1. The van der Waals surface area contributed by atoms with E-state index in [9.17, 15) is 8.78 Å². The first-order chi connectivity index (χ1) is 6.12. The first kappa shape index (κ1) is 8.48. The van der Waals surface area contributed by atoms with E-state index in [-0.39, 0.29) is 11.3 Å². The summed E-state index contributed by atoms with van der Waals surface area (Å²) in [4.78, 5) is 0. The molecule has 1 aliphatic carbocycles. The lowest BCUT2D eigenvalue weighted by molar-refractivity contribution is -0.0277. The molecule has 0 aliphatic heterocycles. The molecule has 0 aromatic heterocycles. The lowest BCUT2D eigenvalue weighted by Gasteiger charge is -2.17. The van der Waals surface area contributed by atoms with Crippen LogP contribution >= 0.6 is 0 Å². The maximum absolute atomic E-state index is 13.5. The van der Waals surface area contributed by atoms with Crippen LogP contribution in [0.1, 0.15) is 18.4 Å². The van der Waals surface area contributed by atoms with E-state index >= 15 is 0 Å². The monoisotopic (exact) mass is 183 g/mol. The van der Waals surface area contributed by atoms with Crippen molar-refractivity contribution in [3.63, 3.8) is 0 Å². The zero-order valence-electron chi connectivity index (χ0n) is 7.13. The molecule has 0 atom stereocenters. The highest BCUT2D eigenvalue weighted by molar-refractivity contribution is 5.49. The maximum atomic E-state index is 13.5. The van der Waals surface area contributed by atoms with Crippen LogP contribution in [0.15, 0.2) is 24.3 Å². The molecule has 13 heavy (non-hydrogen) atoms. The molecule has 0 radical (unpaired) electrons. The Morgan fingerprint density at radius 2 is 1.85 bits per heavy atom. The van der Waals surface area contributed by atoms with Gasteiger partial charge in [-0.15, -0.1) is 0 Å². The molecule has 1 aromatic rings. The van der Waals surface area contributed by atoms with Gasteiger partial charge in [0, 0.05) is 17.2 Å². The van der Waals surface area contributed by atoms with E-state index in [1.165, 1.54) is 12.1 Å². The Morgan fingerprint density at radius 3 is 2.38 bits per heavy atom. The molecule has 0 spiro atoms. The van der Waals surface area contributed by atoms with Crippen molar-refractivity contribution in [2.24, 2.45) is 5.92 Å². The van der Waals surface area contributed by atoms with Crippen LogP contribution in [-0.4, -0.2) is 0 Å². The van der Waals surface area contributed by atoms with Crippen molar-refractivity contribution in [3.05, 3.63) is 29.8 Å². The summed E-state index contributed by atoms with van der Waals surface area (Å²) in [5.74, 6) is -3.22. The van der Waals surface area contributed by atoms with Crippen LogP contribution in [0.5, 0.6) is 0 Å². The highest BCUT2D eigenvalue weighted by Gasteiger charge is 2.48. The molecule has 2 N–H and O–H groups in total. The number of rotatable bonds is 2. The normalized spacial score (nSPS) is 17.4. The van der Waals surface area contributed by atoms with Gasteiger partial charge in [0.1, 0.15) is 0 Å². The predicted molar refractivity (Wildman–Crippen MR) is 47.5 cm³/mol. The molecule has 0 bridgehead atoms. The van der Waals surface area contributed by atoms with Gasteiger partial charge in [-0.1, -0.05) is 18.2 Å². The maximum Gasteiger partial charge on any atom is 0.277 e. The smallest absolute Gasteiger partial charge is 0.277 e. The summed E-state index contributed by atoms with van der Waals surface area (Å²) < 4.78 is 27.0. The Balaban J connectivity index is 2.38. The molecule has 1 saturated carbocycles. The molecule has 1 fully saturated rings. The van der Waals surface area contributed by atoms with Crippen LogP contribution in [0.3, 0.4) is 0 Å². The van der Waals surface area contributed by atoms with Crippen molar-refractivity contribution in [1.82, 2.24) is 0 Å². The third-order valence-corrected chi connectivity index (χ3v) is 2.41. The summed E-state index contributed by atoms with van der Waals surface area (Å²) in [6, 6.07) is 6.20. The second kappa shape index (κ2) is 2.69. The van der Waals surface area contributed by atoms with Gasteiger partial charge in [-0.05, 0) is 18.9 Å². The molecule has 2 rings (SSSR count). The first-order valence-electron chi connectivity index (χ1n) is 4.35. The van der Waals surface area contributed by atoms with E-state index in [4.69, 9.17) is 5.73 Å². The Bertz CT molecular complexity index is 318. The Labute approximate surface area is 75.6 Å². The van der Waals surface area contributed by atoms with Crippen LogP contribution in [0.4, 0.5) is 14.5 Å². The highest BCUT2D eigenvalue weighted by Crippen LogP contribution is 2.50. The average molecular weight is 183 g/mol. The average Bonchev–Trinajstić information content (AvgIpc) is 2.86. The van der Waals surface area contributed by atoms with Crippen LogP contribution < -0.4 is 5.73 Å². The molecule has 0 amide bonds. The van der Waals surface area contributed by atoms with Gasteiger partial charge in [0.15, 0.2) is 0 Å². The van der Waals surface area contributed by atoms with Gasteiger partial charge in [-0.2, -0.15) is 0 Å². The summed E-state index contributed by atoms with van der Waals surface area (Å²) in [7, 11) is 0. The zero-order chi connectivity index (χ0) is 9.47. The van der Waals surface area contributed by atoms with Crippen molar-refractivity contribution in [3.8, 4) is 0 Å². The lowest BCUT2D eigenvalue weighted by Crippen LogP contribution is -2.17. The minimum absolute atomic E-state index is 0.0162. The van der Waals surface area contributed by atoms with Crippen molar-refractivity contribution < 1.29 is 8.78 Å². The third-order valence-electron chi connectivity index (χ3n) is 2.41. The molecular formula is C10H11F2N. The van der Waals surface area contributed by atoms with Gasteiger partial charge in [-0.3, -0.25) is 0 Å². The zero-order valence-corrected chi connectivity index (χ0v) is 7.13. The molecule has 1 nitrogen and oxygen atoms in total. The first-order valence-corrected chi connectivity index (χ1v) is 4.35. The summed E-state index contributed by atoms with van der Waals surface area (Å²) in [6.45, 7) is 0. The molecule has 1 aromatic carbocycles. The van der Waals surface area contributed by atoms with E-state index in [0.29, 0.717) is 12.8 Å². The quantitative estimate of drug-likeness (QED) is 0.701. The van der Waals surface area contributed by atoms with Crippen molar-refractivity contribution >= 4 is 5.69 Å². The second-order valence-corrected chi connectivity index (χ2v) is 3.48. The molecular weight excluding hydrogens is 172 g/mol. The number of halogens is 2. The van der Waals surface area contributed by atoms with Gasteiger partial charge in [-0.25, -0.2) is 8.78 Å². The number of anilines is 1. The number of para-hydroxylation sites is 1. The van der Waals surface area contributed by atoms with E-state index in [1.807, 2.05) is 0 Å². The van der Waals surface area contributed by atoms with E-state index in [2.05, 4.69) is 0 Å². The van der Waals surface area contributed by atoms with Gasteiger partial charge in [0.05, 0.1) is 0 Å². The SMILES string of the molecule is Nc1ccccc1C(F)(F)C1CC1. The Morgan fingerprint density at radius 1 is 1.23 bits per heavy atom. The third kappa shape index (κ3) is 1.39. The minimum Gasteiger partial charge on any atom is -0.398 e. The lowest BCUT2D eigenvalue weighted by atomic mass is 10.0. The molecule has 0 saturated heterocycles. The van der Waals surface area contributed by atoms with Crippen molar-refractivity contribution in [2.75, 3.05) is 5.73 Å². The van der Waals surface area contributed by atoms with Crippen LogP contribution in [0, 0.1) is 5.92 Å². The molecule has 3 heteroatoms. The molecule has 0 unspecified atom stereocenters. The minimum atomic E-state index is -2.73. The highest BCUT2D eigenvalue weighted by atomic mass is 19.3. The molecule has 70 valence electrons. The fraction of sp³-hybridized carbons (Fsp3) is 0.400. The second-order valence-electron chi connectivity index (χ2n) is 3.48. The number of alkyl halides is 2. The number of nitrogens with two attached hydrogens (primary N) is 1. The van der Waals surface area contributed by atoms with Gasteiger partial charge in [0.2, 0.25) is 0 Å². The number of nitrogen functional groups attached to an aromatic ring is 1. The largest absolute Gasteiger partial charge is 0.398 e. The van der Waals surface area contributed by atoms with Crippen LogP contribution in [-0.2, 0) is 5.92 Å². The van der Waals surface area contributed by atoms with Gasteiger partial charge >= 0.3 is 0 Å². The van der Waals surface area contributed by atoms with Crippen LogP contribution in [0.2, 0.25) is 0 Å². The summed E-state index contributed by atoms with van der Waals surface area (Å²) >= 11 is 0. The summed E-state index contributed by atoms with van der Waals surface area (Å²) in [5.41, 5.74) is 5.67. The van der Waals surface area contributed by atoms with Crippen LogP contribution in [0.25, 0.3) is 0 Å². The van der Waals surface area contributed by atoms with Crippen molar-refractivity contribution in [2.45, 2.75) is 18.8 Å². The summed E-state index contributed by atoms with van der Waals surface area (Å²) in [5, 5.41) is 0. The standard InChI is InChI=1S/C10H11F2N/c11-10(12,7-5-6-7)8-3-1-2-4-9(8)13/h1-4,7H,5-6,13H2. The van der Waals surface area contributed by atoms with Gasteiger partial charge in [0.25, 0.3) is 5.92 Å². The van der Waals surface area contributed by atoms with E-state index in [1.54, 1.807) is 12.1 Å². The Kier molecular flexibility index (Phi) is 1.75.